The lowest BCUT2D eigenvalue weighted by Crippen LogP contribution is -1.90. The highest BCUT2D eigenvalue weighted by atomic mass is 14.8. The Labute approximate surface area is 159 Å². The van der Waals surface area contributed by atoms with Crippen LogP contribution in [0, 0.1) is 0 Å². The zero-order chi connectivity index (χ0) is 20.5. The van der Waals surface area contributed by atoms with Crippen molar-refractivity contribution in [3.8, 4) is 0 Å². The highest BCUT2D eigenvalue weighted by molar-refractivity contribution is 5.44. The Morgan fingerprint density at radius 1 is 0.520 bits per heavy atom. The molecule has 146 valence electrons. The molecule has 2 aromatic rings. The van der Waals surface area contributed by atoms with E-state index in [1.165, 1.54) is 11.1 Å². The molecule has 2 rings (SSSR count). The highest BCUT2D eigenvalue weighted by Crippen LogP contribution is 2.12. The molecule has 0 aliphatic carbocycles. The normalized spacial score (nSPS) is 7.16. The molecule has 0 spiro atoms. The third-order valence-corrected chi connectivity index (χ3v) is 2.49. The maximum absolute atomic E-state index is 3.12. The van der Waals surface area contributed by atoms with Crippen LogP contribution in [0.2, 0.25) is 0 Å². The number of rotatable bonds is 3. The minimum Gasteiger partial charge on any atom is -0.388 e. The van der Waals surface area contributed by atoms with Crippen molar-refractivity contribution in [1.29, 1.82) is 0 Å². The summed E-state index contributed by atoms with van der Waals surface area (Å²) < 4.78 is 0. The first-order valence-electron chi connectivity index (χ1n) is 10.2. The predicted octanol–water partition coefficient (Wildman–Crippen LogP) is 8.45. The van der Waals surface area contributed by atoms with Gasteiger partial charge in [-0.1, -0.05) is 112 Å². The van der Waals surface area contributed by atoms with E-state index in [1.807, 2.05) is 82.4 Å². The lowest BCUT2D eigenvalue weighted by Gasteiger charge is -2.03. The van der Waals surface area contributed by atoms with E-state index in [2.05, 4.69) is 53.8 Å². The Morgan fingerprint density at radius 2 is 0.880 bits per heavy atom. The van der Waals surface area contributed by atoms with E-state index >= 15 is 0 Å². The molecule has 0 bridgehead atoms. The fourth-order valence-corrected chi connectivity index (χ4v) is 1.62. The van der Waals surface area contributed by atoms with Crippen molar-refractivity contribution in [3.63, 3.8) is 0 Å². The van der Waals surface area contributed by atoms with E-state index in [0.717, 1.165) is 12.1 Å². The molecule has 0 unspecified atom stereocenters. The number of nitrogens with one attached hydrogen (secondary N) is 1. The summed E-state index contributed by atoms with van der Waals surface area (Å²) in [5.41, 5.74) is 3.86. The van der Waals surface area contributed by atoms with Gasteiger partial charge in [0, 0.05) is 12.7 Å². The summed E-state index contributed by atoms with van der Waals surface area (Å²) in [6.07, 6.45) is 1.00. The third kappa shape index (κ3) is 18.4. The van der Waals surface area contributed by atoms with Crippen molar-refractivity contribution in [2.24, 2.45) is 0 Å². The molecule has 0 aromatic heterocycles. The fourth-order valence-electron chi connectivity index (χ4n) is 1.62. The first-order valence-corrected chi connectivity index (χ1v) is 10.2. The van der Waals surface area contributed by atoms with Gasteiger partial charge in [-0.2, -0.15) is 0 Å². The van der Waals surface area contributed by atoms with Gasteiger partial charge < -0.3 is 5.32 Å². The van der Waals surface area contributed by atoms with Gasteiger partial charge in [-0.3, -0.25) is 0 Å². The summed E-state index contributed by atoms with van der Waals surface area (Å²) in [5.74, 6) is 0. The van der Waals surface area contributed by atoms with E-state index in [0.29, 0.717) is 0 Å². The molecule has 1 nitrogen and oxygen atoms in total. The van der Waals surface area contributed by atoms with Crippen LogP contribution in [0.15, 0.2) is 54.6 Å². The van der Waals surface area contributed by atoms with Gasteiger partial charge in [-0.15, -0.1) is 0 Å². The van der Waals surface area contributed by atoms with Gasteiger partial charge in [0.15, 0.2) is 0 Å². The fraction of sp³-hybridized carbons (Fsp3) is 0.500. The SMILES string of the molecule is CC.CC.CC.CC.CC.CNc1ccc(Cc2ccccc2)cc1. The Balaban J connectivity index is -0.000000191. The topological polar surface area (TPSA) is 12.0 Å². The van der Waals surface area contributed by atoms with Crippen LogP contribution in [-0.4, -0.2) is 7.05 Å². The zero-order valence-corrected chi connectivity index (χ0v) is 18.9. The summed E-state index contributed by atoms with van der Waals surface area (Å²) in [6, 6.07) is 19.1. The molecule has 0 amide bonds. The first-order chi connectivity index (χ1) is 12.4. The van der Waals surface area contributed by atoms with Crippen molar-refractivity contribution in [2.45, 2.75) is 75.7 Å². The Kier molecular flexibility index (Phi) is 37.5. The molecule has 0 heterocycles. The van der Waals surface area contributed by atoms with Gasteiger partial charge in [-0.05, 0) is 29.7 Å². The Morgan fingerprint density at radius 3 is 1.24 bits per heavy atom. The largest absolute Gasteiger partial charge is 0.388 e. The van der Waals surface area contributed by atoms with E-state index < -0.39 is 0 Å². The van der Waals surface area contributed by atoms with Crippen molar-refractivity contribution in [3.05, 3.63) is 65.7 Å². The molecule has 0 atom stereocenters. The van der Waals surface area contributed by atoms with Gasteiger partial charge in [0.25, 0.3) is 0 Å². The second kappa shape index (κ2) is 30.2. The third-order valence-electron chi connectivity index (χ3n) is 2.49. The molecule has 0 saturated heterocycles. The van der Waals surface area contributed by atoms with E-state index in [4.69, 9.17) is 0 Å². The minimum atomic E-state index is 1.00. The number of hydrogen-bond donors (Lipinski definition) is 1. The van der Waals surface area contributed by atoms with Crippen LogP contribution in [0.3, 0.4) is 0 Å². The predicted molar refractivity (Wildman–Crippen MR) is 122 cm³/mol. The van der Waals surface area contributed by atoms with E-state index in [-0.39, 0.29) is 0 Å². The van der Waals surface area contributed by atoms with Crippen LogP contribution >= 0.6 is 0 Å². The van der Waals surface area contributed by atoms with Crippen molar-refractivity contribution in [2.75, 3.05) is 12.4 Å². The maximum Gasteiger partial charge on any atom is 0.0337 e. The second-order valence-corrected chi connectivity index (χ2v) is 3.61. The molecule has 0 radical (unpaired) electrons. The molecule has 0 aliphatic rings. The van der Waals surface area contributed by atoms with E-state index in [9.17, 15) is 0 Å². The van der Waals surface area contributed by atoms with Gasteiger partial charge in [-0.25, -0.2) is 0 Å². The molecule has 2 aromatic carbocycles. The monoisotopic (exact) mass is 347 g/mol. The van der Waals surface area contributed by atoms with Crippen LogP contribution in [0.5, 0.6) is 0 Å². The summed E-state index contributed by atoms with van der Waals surface area (Å²) >= 11 is 0. The summed E-state index contributed by atoms with van der Waals surface area (Å²) in [6.45, 7) is 20.0. The van der Waals surface area contributed by atoms with Crippen LogP contribution in [0.4, 0.5) is 5.69 Å². The van der Waals surface area contributed by atoms with Gasteiger partial charge in [0.05, 0.1) is 0 Å². The van der Waals surface area contributed by atoms with E-state index in [1.54, 1.807) is 0 Å². The molecule has 1 heteroatoms. The maximum atomic E-state index is 3.12. The van der Waals surface area contributed by atoms with Gasteiger partial charge in [0.2, 0.25) is 0 Å². The lowest BCUT2D eigenvalue weighted by atomic mass is 10.1. The molecule has 0 fully saturated rings. The zero-order valence-electron chi connectivity index (χ0n) is 18.9. The second-order valence-electron chi connectivity index (χ2n) is 3.61. The Hall–Kier alpha value is -1.76. The summed E-state index contributed by atoms with van der Waals surface area (Å²) in [7, 11) is 1.94. The van der Waals surface area contributed by atoms with Crippen molar-refractivity contribution < 1.29 is 0 Å². The minimum absolute atomic E-state index is 1.00. The summed E-state index contributed by atoms with van der Waals surface area (Å²) in [5, 5.41) is 3.12. The number of anilines is 1. The average molecular weight is 348 g/mol. The van der Waals surface area contributed by atoms with Crippen LogP contribution in [0.25, 0.3) is 0 Å². The highest BCUT2D eigenvalue weighted by Gasteiger charge is 1.95. The Bertz CT molecular complexity index is 404. The molecule has 0 saturated carbocycles. The smallest absolute Gasteiger partial charge is 0.0337 e. The first kappa shape index (κ1) is 31.1. The van der Waals surface area contributed by atoms with Crippen molar-refractivity contribution in [1.82, 2.24) is 0 Å². The van der Waals surface area contributed by atoms with Crippen LogP contribution < -0.4 is 5.32 Å². The number of benzene rings is 2. The summed E-state index contributed by atoms with van der Waals surface area (Å²) in [4.78, 5) is 0. The molecular formula is C24H45N. The lowest BCUT2D eigenvalue weighted by molar-refractivity contribution is 1.19. The van der Waals surface area contributed by atoms with Crippen LogP contribution in [-0.2, 0) is 6.42 Å². The number of hydrogen-bond acceptors (Lipinski definition) is 1. The van der Waals surface area contributed by atoms with Gasteiger partial charge >= 0.3 is 0 Å². The molecule has 1 N–H and O–H groups in total. The van der Waals surface area contributed by atoms with Crippen molar-refractivity contribution >= 4 is 5.69 Å². The molecular weight excluding hydrogens is 302 g/mol. The molecule has 25 heavy (non-hydrogen) atoms. The van der Waals surface area contributed by atoms with Crippen LogP contribution in [0.1, 0.15) is 80.4 Å². The average Bonchev–Trinajstić information content (AvgIpc) is 2.77. The standard InChI is InChI=1S/C14H15N.5C2H6/c1-15-14-9-7-13(8-10-14)11-12-5-3-2-4-6-12;5*1-2/h2-10,15H,11H2,1H3;5*1-2H3. The quantitative estimate of drug-likeness (QED) is 0.587. The van der Waals surface area contributed by atoms with Gasteiger partial charge in [0.1, 0.15) is 0 Å². The molecule has 0 aliphatic heterocycles.